The van der Waals surface area contributed by atoms with E-state index in [2.05, 4.69) is 17.4 Å². The first-order chi connectivity index (χ1) is 14.7. The van der Waals surface area contributed by atoms with E-state index in [0.29, 0.717) is 17.8 Å². The van der Waals surface area contributed by atoms with Crippen LogP contribution in [0.3, 0.4) is 0 Å². The lowest BCUT2D eigenvalue weighted by Crippen LogP contribution is -2.40. The van der Waals surface area contributed by atoms with E-state index in [-0.39, 0.29) is 18.4 Å². The molecule has 0 unspecified atom stereocenters. The first-order valence-corrected chi connectivity index (χ1v) is 12.9. The van der Waals surface area contributed by atoms with Crippen molar-refractivity contribution in [3.8, 4) is 0 Å². The number of hydrogen-bond donors (Lipinski definition) is 1. The number of rotatable bonds is 11. The molecule has 168 valence electrons. The lowest BCUT2D eigenvalue weighted by atomic mass is 10.2. The van der Waals surface area contributed by atoms with Crippen LogP contribution in [0, 0.1) is 0 Å². The maximum atomic E-state index is 12.3. The van der Waals surface area contributed by atoms with E-state index < -0.39 is 10.0 Å². The third kappa shape index (κ3) is 8.26. The number of nitrogens with one attached hydrogen (secondary N) is 1. The lowest BCUT2D eigenvalue weighted by Gasteiger charge is -2.22. The largest absolute Gasteiger partial charge is 0.354 e. The lowest BCUT2D eigenvalue weighted by molar-refractivity contribution is -0.119. The zero-order valence-electron chi connectivity index (χ0n) is 18.1. The molecular formula is C22H29N3O4S2. The van der Waals surface area contributed by atoms with Gasteiger partial charge in [0.2, 0.25) is 15.9 Å². The highest BCUT2D eigenvalue weighted by atomic mass is 32.2. The minimum atomic E-state index is -3.66. The molecule has 2 rings (SSSR count). The average Bonchev–Trinajstić information content (AvgIpc) is 2.74. The molecule has 0 radical (unpaired) electrons. The summed E-state index contributed by atoms with van der Waals surface area (Å²) in [7, 11) is -0.374. The molecule has 0 atom stereocenters. The Bertz CT molecular complexity index is 962. The summed E-state index contributed by atoms with van der Waals surface area (Å²) in [6.07, 6.45) is 1.85. The van der Waals surface area contributed by atoms with Crippen molar-refractivity contribution >= 4 is 39.3 Å². The van der Waals surface area contributed by atoms with Crippen molar-refractivity contribution in [3.63, 3.8) is 0 Å². The second-order valence-electron chi connectivity index (χ2n) is 7.26. The predicted octanol–water partition coefficient (Wildman–Crippen LogP) is 2.59. The number of amides is 2. The quantitative estimate of drug-likeness (QED) is 0.518. The number of carbonyl (C=O) groups is 2. The molecule has 2 amide bonds. The second kappa shape index (κ2) is 11.8. The van der Waals surface area contributed by atoms with Gasteiger partial charge < -0.3 is 10.2 Å². The van der Waals surface area contributed by atoms with Crippen LogP contribution < -0.4 is 9.62 Å². The van der Waals surface area contributed by atoms with E-state index in [9.17, 15) is 18.0 Å². The highest BCUT2D eigenvalue weighted by Crippen LogP contribution is 2.19. The molecule has 0 aliphatic rings. The molecule has 0 bridgehead atoms. The van der Waals surface area contributed by atoms with Gasteiger partial charge in [0.25, 0.3) is 5.91 Å². The average molecular weight is 464 g/mol. The summed E-state index contributed by atoms with van der Waals surface area (Å²) in [5.74, 6) is 1.27. The van der Waals surface area contributed by atoms with Gasteiger partial charge in [-0.2, -0.15) is 11.8 Å². The van der Waals surface area contributed by atoms with Gasteiger partial charge in [-0.15, -0.1) is 0 Å². The molecule has 0 aromatic heterocycles. The van der Waals surface area contributed by atoms with Crippen LogP contribution in [0.15, 0.2) is 54.6 Å². The summed E-state index contributed by atoms with van der Waals surface area (Å²) in [5, 5.41) is 2.78. The Kier molecular flexibility index (Phi) is 9.39. The summed E-state index contributed by atoms with van der Waals surface area (Å²) < 4.78 is 25.5. The fourth-order valence-electron chi connectivity index (χ4n) is 2.78. The Morgan fingerprint density at radius 1 is 1.00 bits per heavy atom. The van der Waals surface area contributed by atoms with Gasteiger partial charge in [0.05, 0.1) is 11.9 Å². The maximum Gasteiger partial charge on any atom is 0.253 e. The molecule has 2 aromatic carbocycles. The van der Waals surface area contributed by atoms with Crippen LogP contribution in [-0.2, 0) is 20.6 Å². The minimum absolute atomic E-state index is 0.180. The van der Waals surface area contributed by atoms with Crippen LogP contribution in [0.1, 0.15) is 22.3 Å². The number of carbonyl (C=O) groups excluding carboxylic acids is 2. The van der Waals surface area contributed by atoms with Gasteiger partial charge in [0, 0.05) is 32.0 Å². The van der Waals surface area contributed by atoms with E-state index in [1.54, 1.807) is 38.0 Å². The zero-order chi connectivity index (χ0) is 22.9. The van der Waals surface area contributed by atoms with Crippen molar-refractivity contribution in [3.05, 3.63) is 65.7 Å². The third-order valence-corrected chi connectivity index (χ3v) is 6.65. The summed E-state index contributed by atoms with van der Waals surface area (Å²) in [4.78, 5) is 25.7. The number of hydrogen-bond acceptors (Lipinski definition) is 5. The SMILES string of the molecule is CN(C)C(=O)c1ccc(N(CC(=O)NCCCSCc2ccccc2)S(C)(=O)=O)cc1. The van der Waals surface area contributed by atoms with Gasteiger partial charge in [0.15, 0.2) is 0 Å². The normalized spacial score (nSPS) is 11.1. The molecule has 31 heavy (non-hydrogen) atoms. The van der Waals surface area contributed by atoms with E-state index in [1.165, 1.54) is 22.6 Å². The minimum Gasteiger partial charge on any atom is -0.354 e. The van der Waals surface area contributed by atoms with Gasteiger partial charge in [-0.05, 0) is 42.0 Å². The second-order valence-corrected chi connectivity index (χ2v) is 10.3. The Labute approximate surface area is 188 Å². The Morgan fingerprint density at radius 3 is 2.23 bits per heavy atom. The highest BCUT2D eigenvalue weighted by Gasteiger charge is 2.21. The van der Waals surface area contributed by atoms with E-state index in [4.69, 9.17) is 0 Å². The summed E-state index contributed by atoms with van der Waals surface area (Å²) in [6.45, 7) is 0.172. The number of thioether (sulfide) groups is 1. The Hall–Kier alpha value is -2.52. The summed E-state index contributed by atoms with van der Waals surface area (Å²) in [6, 6.07) is 16.3. The van der Waals surface area contributed by atoms with E-state index >= 15 is 0 Å². The molecule has 0 saturated heterocycles. The molecule has 7 nitrogen and oxygen atoms in total. The molecule has 0 aliphatic carbocycles. The summed E-state index contributed by atoms with van der Waals surface area (Å²) >= 11 is 1.79. The van der Waals surface area contributed by atoms with Crippen LogP contribution in [0.2, 0.25) is 0 Å². The smallest absolute Gasteiger partial charge is 0.253 e. The van der Waals surface area contributed by atoms with Crippen LogP contribution in [0.5, 0.6) is 0 Å². The van der Waals surface area contributed by atoms with Crippen molar-refractivity contribution < 1.29 is 18.0 Å². The van der Waals surface area contributed by atoms with Crippen LogP contribution >= 0.6 is 11.8 Å². The van der Waals surface area contributed by atoms with Crippen LogP contribution in [0.25, 0.3) is 0 Å². The fraction of sp³-hybridized carbons (Fsp3) is 0.364. The zero-order valence-corrected chi connectivity index (χ0v) is 19.7. The van der Waals surface area contributed by atoms with Gasteiger partial charge >= 0.3 is 0 Å². The topological polar surface area (TPSA) is 86.8 Å². The Balaban J connectivity index is 1.84. The molecule has 0 aliphatic heterocycles. The van der Waals surface area contributed by atoms with E-state index in [0.717, 1.165) is 28.5 Å². The van der Waals surface area contributed by atoms with Crippen molar-refractivity contribution in [2.45, 2.75) is 12.2 Å². The third-order valence-electron chi connectivity index (χ3n) is 4.40. The van der Waals surface area contributed by atoms with Crippen LogP contribution in [0.4, 0.5) is 5.69 Å². The first-order valence-electron chi connectivity index (χ1n) is 9.86. The van der Waals surface area contributed by atoms with Crippen molar-refractivity contribution in [1.29, 1.82) is 0 Å². The molecule has 2 aromatic rings. The first kappa shape index (κ1) is 24.7. The van der Waals surface area contributed by atoms with Crippen molar-refractivity contribution in [2.24, 2.45) is 0 Å². The number of anilines is 1. The van der Waals surface area contributed by atoms with Crippen molar-refractivity contribution in [2.75, 3.05) is 43.5 Å². The molecule has 9 heteroatoms. The van der Waals surface area contributed by atoms with Gasteiger partial charge in [-0.3, -0.25) is 13.9 Å². The van der Waals surface area contributed by atoms with Crippen LogP contribution in [-0.4, -0.2) is 64.3 Å². The standard InChI is InChI=1S/C22H29N3O4S2/c1-24(2)22(27)19-10-12-20(13-11-19)25(31(3,28)29)16-21(26)23-14-7-15-30-17-18-8-5-4-6-9-18/h4-6,8-13H,7,14-17H2,1-3H3,(H,23,26). The number of nitrogens with zero attached hydrogens (tertiary/aromatic N) is 2. The van der Waals surface area contributed by atoms with Gasteiger partial charge in [-0.1, -0.05) is 30.3 Å². The molecule has 0 heterocycles. The monoisotopic (exact) mass is 463 g/mol. The summed E-state index contributed by atoms with van der Waals surface area (Å²) in [5.41, 5.74) is 2.05. The van der Waals surface area contributed by atoms with Gasteiger partial charge in [0.1, 0.15) is 6.54 Å². The predicted molar refractivity (Wildman–Crippen MR) is 127 cm³/mol. The molecule has 0 fully saturated rings. The maximum absolute atomic E-state index is 12.3. The fourth-order valence-corrected chi connectivity index (χ4v) is 4.56. The van der Waals surface area contributed by atoms with Gasteiger partial charge in [-0.25, -0.2) is 8.42 Å². The Morgan fingerprint density at radius 2 is 1.65 bits per heavy atom. The molecular weight excluding hydrogens is 434 g/mol. The number of benzene rings is 2. The molecule has 0 spiro atoms. The van der Waals surface area contributed by atoms with Crippen molar-refractivity contribution in [1.82, 2.24) is 10.2 Å². The highest BCUT2D eigenvalue weighted by molar-refractivity contribution is 7.98. The number of sulfonamides is 1. The van der Waals surface area contributed by atoms with E-state index in [1.807, 2.05) is 18.2 Å². The molecule has 0 saturated carbocycles. The molecule has 1 N–H and O–H groups in total.